The fourth-order valence-electron chi connectivity index (χ4n) is 3.28. The van der Waals surface area contributed by atoms with Crippen molar-refractivity contribution in [2.75, 3.05) is 18.9 Å². The normalized spacial score (nSPS) is 14.7. The van der Waals surface area contributed by atoms with Gasteiger partial charge in [0.2, 0.25) is 5.91 Å². The van der Waals surface area contributed by atoms with Gasteiger partial charge in [0.1, 0.15) is 0 Å². The zero-order valence-electron chi connectivity index (χ0n) is 14.8. The van der Waals surface area contributed by atoms with Crippen LogP contribution in [0.15, 0.2) is 30.3 Å². The lowest BCUT2D eigenvalue weighted by molar-refractivity contribution is -0.129. The molecule has 3 rings (SSSR count). The molecule has 0 radical (unpaired) electrons. The number of thioether (sulfide) groups is 1. The SMILES string of the molecule is O=C(CSCc1nnnn1C1CCCC1)N(CCO)Cc1ccccc1. The number of tetrazole rings is 1. The Bertz CT molecular complexity index is 688. The minimum atomic E-state index is -0.0385. The number of rotatable bonds is 9. The maximum Gasteiger partial charge on any atom is 0.232 e. The number of hydrogen-bond acceptors (Lipinski definition) is 6. The van der Waals surface area contributed by atoms with E-state index in [1.165, 1.54) is 24.6 Å². The Hall–Kier alpha value is -1.93. The summed E-state index contributed by atoms with van der Waals surface area (Å²) in [4.78, 5) is 14.2. The van der Waals surface area contributed by atoms with E-state index in [0.717, 1.165) is 24.2 Å². The summed E-state index contributed by atoms with van der Waals surface area (Å²) >= 11 is 1.52. The van der Waals surface area contributed by atoms with Gasteiger partial charge in [-0.15, -0.1) is 16.9 Å². The van der Waals surface area contributed by atoms with E-state index in [4.69, 9.17) is 0 Å². The number of amides is 1. The molecule has 1 aliphatic rings. The number of benzene rings is 1. The van der Waals surface area contributed by atoms with Gasteiger partial charge in [-0.1, -0.05) is 43.2 Å². The van der Waals surface area contributed by atoms with Gasteiger partial charge in [-0.25, -0.2) is 4.68 Å². The topological polar surface area (TPSA) is 84.1 Å². The molecule has 1 aliphatic carbocycles. The largest absolute Gasteiger partial charge is 0.395 e. The molecule has 1 heterocycles. The van der Waals surface area contributed by atoms with Crippen LogP contribution in [0, 0.1) is 0 Å². The summed E-state index contributed by atoms with van der Waals surface area (Å²) in [6, 6.07) is 10.2. The van der Waals surface area contributed by atoms with Crippen molar-refractivity contribution in [2.24, 2.45) is 0 Å². The Kier molecular flexibility index (Phi) is 7.02. The lowest BCUT2D eigenvalue weighted by Crippen LogP contribution is -2.34. The summed E-state index contributed by atoms with van der Waals surface area (Å²) in [5.41, 5.74) is 1.06. The molecular formula is C18H25N5O2S. The molecule has 1 aromatic carbocycles. The number of nitrogens with zero attached hydrogens (tertiary/aromatic N) is 5. The van der Waals surface area contributed by atoms with Crippen LogP contribution in [0.5, 0.6) is 0 Å². The molecule has 0 aliphatic heterocycles. The minimum Gasteiger partial charge on any atom is -0.395 e. The van der Waals surface area contributed by atoms with Gasteiger partial charge in [0.05, 0.1) is 24.2 Å². The number of aromatic nitrogens is 4. The van der Waals surface area contributed by atoms with Gasteiger partial charge in [0, 0.05) is 13.1 Å². The van der Waals surface area contributed by atoms with Crippen molar-refractivity contribution >= 4 is 17.7 Å². The van der Waals surface area contributed by atoms with Crippen LogP contribution in [0.4, 0.5) is 0 Å². The van der Waals surface area contributed by atoms with E-state index in [-0.39, 0.29) is 12.5 Å². The highest BCUT2D eigenvalue weighted by molar-refractivity contribution is 7.99. The molecule has 0 saturated heterocycles. The summed E-state index contributed by atoms with van der Waals surface area (Å²) in [5, 5.41) is 21.3. The summed E-state index contributed by atoms with van der Waals surface area (Å²) in [6.07, 6.45) is 4.71. The lowest BCUT2D eigenvalue weighted by atomic mass is 10.2. The number of carbonyl (C=O) groups is 1. The molecule has 0 bridgehead atoms. The average molecular weight is 375 g/mol. The van der Waals surface area contributed by atoms with E-state index in [9.17, 15) is 9.90 Å². The number of aliphatic hydroxyl groups excluding tert-OH is 1. The fourth-order valence-corrected chi connectivity index (χ4v) is 4.11. The predicted octanol–water partition coefficient (Wildman–Crippen LogP) is 2.04. The Morgan fingerprint density at radius 1 is 1.27 bits per heavy atom. The van der Waals surface area contributed by atoms with Gasteiger partial charge in [-0.05, 0) is 28.8 Å². The van der Waals surface area contributed by atoms with Gasteiger partial charge in [-0.2, -0.15) is 0 Å². The van der Waals surface area contributed by atoms with E-state index >= 15 is 0 Å². The molecule has 7 nitrogen and oxygen atoms in total. The van der Waals surface area contributed by atoms with Crippen LogP contribution in [-0.2, 0) is 17.1 Å². The summed E-state index contributed by atoms with van der Waals surface area (Å²) in [6.45, 7) is 0.817. The second-order valence-electron chi connectivity index (χ2n) is 6.50. The first kappa shape index (κ1) is 18.8. The molecule has 1 aromatic heterocycles. The zero-order valence-corrected chi connectivity index (χ0v) is 15.6. The molecule has 140 valence electrons. The predicted molar refractivity (Wildman–Crippen MR) is 100 cm³/mol. The maximum atomic E-state index is 12.5. The van der Waals surface area contributed by atoms with Crippen molar-refractivity contribution in [2.45, 2.75) is 44.0 Å². The van der Waals surface area contributed by atoms with Crippen molar-refractivity contribution in [3.05, 3.63) is 41.7 Å². The highest BCUT2D eigenvalue weighted by Gasteiger charge is 2.21. The molecule has 0 spiro atoms. The zero-order chi connectivity index (χ0) is 18.2. The first-order valence-corrected chi connectivity index (χ1v) is 10.2. The Morgan fingerprint density at radius 2 is 2.04 bits per heavy atom. The first-order chi connectivity index (χ1) is 12.8. The number of hydrogen-bond donors (Lipinski definition) is 1. The van der Waals surface area contributed by atoms with Gasteiger partial charge in [-0.3, -0.25) is 4.79 Å². The monoisotopic (exact) mass is 375 g/mol. The van der Waals surface area contributed by atoms with Gasteiger partial charge in [0.15, 0.2) is 5.82 Å². The lowest BCUT2D eigenvalue weighted by Gasteiger charge is -2.21. The quantitative estimate of drug-likeness (QED) is 0.722. The van der Waals surface area contributed by atoms with E-state index in [1.807, 2.05) is 35.0 Å². The van der Waals surface area contributed by atoms with Crippen molar-refractivity contribution in [1.29, 1.82) is 0 Å². The summed E-state index contributed by atoms with van der Waals surface area (Å²) in [5.74, 6) is 1.83. The maximum absolute atomic E-state index is 12.5. The molecule has 2 aromatic rings. The highest BCUT2D eigenvalue weighted by Crippen LogP contribution is 2.29. The fraction of sp³-hybridized carbons (Fsp3) is 0.556. The number of aliphatic hydroxyl groups is 1. The van der Waals surface area contributed by atoms with Crippen LogP contribution in [0.2, 0.25) is 0 Å². The second kappa shape index (κ2) is 9.68. The van der Waals surface area contributed by atoms with E-state index in [0.29, 0.717) is 30.6 Å². The summed E-state index contributed by atoms with van der Waals surface area (Å²) in [7, 11) is 0. The third-order valence-corrected chi connectivity index (χ3v) is 5.54. The van der Waals surface area contributed by atoms with Crippen LogP contribution >= 0.6 is 11.8 Å². The van der Waals surface area contributed by atoms with Crippen LogP contribution < -0.4 is 0 Å². The van der Waals surface area contributed by atoms with Crippen LogP contribution in [-0.4, -0.2) is 55.0 Å². The Labute approximate surface area is 157 Å². The van der Waals surface area contributed by atoms with Gasteiger partial charge in [0.25, 0.3) is 0 Å². The van der Waals surface area contributed by atoms with E-state index in [2.05, 4.69) is 15.5 Å². The smallest absolute Gasteiger partial charge is 0.232 e. The van der Waals surface area contributed by atoms with E-state index < -0.39 is 0 Å². The molecule has 1 amide bonds. The third kappa shape index (κ3) is 5.04. The van der Waals surface area contributed by atoms with Crippen molar-refractivity contribution in [1.82, 2.24) is 25.1 Å². The Morgan fingerprint density at radius 3 is 2.77 bits per heavy atom. The standard InChI is InChI=1S/C18H25N5O2S/c24-11-10-22(12-15-6-2-1-3-7-15)18(25)14-26-13-17-19-20-21-23(17)16-8-4-5-9-16/h1-3,6-7,16,24H,4-5,8-14H2. The van der Waals surface area contributed by atoms with Crippen LogP contribution in [0.3, 0.4) is 0 Å². The molecule has 26 heavy (non-hydrogen) atoms. The van der Waals surface area contributed by atoms with Crippen molar-refractivity contribution in [3.63, 3.8) is 0 Å². The molecule has 0 unspecified atom stereocenters. The van der Waals surface area contributed by atoms with Crippen LogP contribution in [0.25, 0.3) is 0 Å². The summed E-state index contributed by atoms with van der Waals surface area (Å²) < 4.78 is 1.93. The Balaban J connectivity index is 1.51. The van der Waals surface area contributed by atoms with Crippen molar-refractivity contribution < 1.29 is 9.90 Å². The molecule has 1 saturated carbocycles. The molecule has 8 heteroatoms. The molecule has 0 atom stereocenters. The van der Waals surface area contributed by atoms with Crippen molar-refractivity contribution in [3.8, 4) is 0 Å². The van der Waals surface area contributed by atoms with Gasteiger partial charge < -0.3 is 10.0 Å². The minimum absolute atomic E-state index is 0.0211. The highest BCUT2D eigenvalue weighted by atomic mass is 32.2. The molecule has 1 N–H and O–H groups in total. The first-order valence-electron chi connectivity index (χ1n) is 9.05. The molecule has 1 fully saturated rings. The van der Waals surface area contributed by atoms with Crippen LogP contribution in [0.1, 0.15) is 43.1 Å². The second-order valence-corrected chi connectivity index (χ2v) is 7.48. The third-order valence-electron chi connectivity index (χ3n) is 4.63. The molecular weight excluding hydrogens is 350 g/mol. The van der Waals surface area contributed by atoms with E-state index in [1.54, 1.807) is 4.90 Å². The number of carbonyl (C=O) groups excluding carboxylic acids is 1. The average Bonchev–Trinajstić information content (AvgIpc) is 3.33. The van der Waals surface area contributed by atoms with Gasteiger partial charge >= 0.3 is 0 Å².